The summed E-state index contributed by atoms with van der Waals surface area (Å²) in [6, 6.07) is 19.7. The number of aromatic nitrogens is 2. The number of para-hydroxylation sites is 3. The highest BCUT2D eigenvalue weighted by atomic mass is 32.2. The van der Waals surface area contributed by atoms with Crippen LogP contribution >= 0.6 is 11.8 Å². The lowest BCUT2D eigenvalue weighted by molar-refractivity contribution is 1.02. The van der Waals surface area contributed by atoms with E-state index in [2.05, 4.69) is 21.0 Å². The number of nitrogens with zero attached hydrogens (tertiary/aromatic N) is 3. The van der Waals surface area contributed by atoms with Crippen LogP contribution in [-0.4, -0.2) is 21.3 Å². The first-order valence-electron chi connectivity index (χ1n) is 6.83. The van der Waals surface area contributed by atoms with Gasteiger partial charge in [-0.05, 0) is 30.5 Å². The van der Waals surface area contributed by atoms with Gasteiger partial charge in [-0.3, -0.25) is 0 Å². The van der Waals surface area contributed by atoms with Crippen molar-refractivity contribution in [3.8, 4) is 6.07 Å². The van der Waals surface area contributed by atoms with E-state index in [-0.39, 0.29) is 0 Å². The molecule has 1 N–H and O–H groups in total. The van der Waals surface area contributed by atoms with Crippen molar-refractivity contribution in [1.82, 2.24) is 9.97 Å². The molecule has 0 spiro atoms. The van der Waals surface area contributed by atoms with E-state index in [0.29, 0.717) is 5.82 Å². The van der Waals surface area contributed by atoms with E-state index in [4.69, 9.17) is 0 Å². The Morgan fingerprint density at radius 3 is 2.59 bits per heavy atom. The topological polar surface area (TPSA) is 64.8 Å². The van der Waals surface area contributed by atoms with E-state index in [1.165, 1.54) is 11.8 Å². The Hall–Kier alpha value is -2.58. The highest BCUT2D eigenvalue weighted by Gasteiger charge is 2.21. The van der Waals surface area contributed by atoms with Gasteiger partial charge in [-0.2, -0.15) is 5.26 Å². The molecule has 3 aromatic rings. The minimum absolute atomic E-state index is 0.498. The van der Waals surface area contributed by atoms with Gasteiger partial charge in [-0.25, -0.2) is 9.98 Å². The minimum atomic E-state index is -0.498. The van der Waals surface area contributed by atoms with Crippen LogP contribution in [0.25, 0.3) is 11.0 Å². The van der Waals surface area contributed by atoms with Gasteiger partial charge in [0.15, 0.2) is 5.92 Å². The number of rotatable bonds is 3. The highest BCUT2D eigenvalue weighted by Crippen LogP contribution is 2.25. The average Bonchev–Trinajstić information content (AvgIpc) is 2.99. The van der Waals surface area contributed by atoms with Gasteiger partial charge >= 0.3 is 0 Å². The van der Waals surface area contributed by atoms with E-state index >= 15 is 0 Å². The molecule has 0 aliphatic carbocycles. The van der Waals surface area contributed by atoms with E-state index < -0.39 is 5.92 Å². The third kappa shape index (κ3) is 2.87. The van der Waals surface area contributed by atoms with Gasteiger partial charge in [0.1, 0.15) is 5.82 Å². The molecule has 2 aromatic carbocycles. The first-order valence-corrected chi connectivity index (χ1v) is 8.06. The van der Waals surface area contributed by atoms with Crippen molar-refractivity contribution in [3.63, 3.8) is 0 Å². The largest absolute Gasteiger partial charge is 0.341 e. The molecule has 22 heavy (non-hydrogen) atoms. The zero-order valence-electron chi connectivity index (χ0n) is 12.0. The third-order valence-electron chi connectivity index (χ3n) is 3.26. The van der Waals surface area contributed by atoms with Crippen LogP contribution in [0.2, 0.25) is 0 Å². The van der Waals surface area contributed by atoms with Crippen LogP contribution in [0, 0.1) is 11.3 Å². The lowest BCUT2D eigenvalue weighted by Gasteiger charge is -2.08. The van der Waals surface area contributed by atoms with Crippen LogP contribution in [-0.2, 0) is 0 Å². The fourth-order valence-corrected chi connectivity index (χ4v) is 2.80. The predicted molar refractivity (Wildman–Crippen MR) is 91.5 cm³/mol. The molecule has 0 fully saturated rings. The van der Waals surface area contributed by atoms with E-state index in [1.807, 2.05) is 60.9 Å². The van der Waals surface area contributed by atoms with Crippen LogP contribution in [0.4, 0.5) is 5.69 Å². The number of nitrogens with one attached hydrogen (secondary N) is 1. The SMILES string of the molecule is CSC(=Nc1ccccc1)[C@H](C#N)c1nc2ccccc2[nH]1. The molecule has 5 heteroatoms. The van der Waals surface area contributed by atoms with Crippen molar-refractivity contribution in [2.24, 2.45) is 4.99 Å². The second-order valence-electron chi connectivity index (χ2n) is 4.69. The maximum Gasteiger partial charge on any atom is 0.152 e. The zero-order valence-corrected chi connectivity index (χ0v) is 12.8. The number of aliphatic imine (C=N–C) groups is 1. The zero-order chi connectivity index (χ0) is 15.4. The Morgan fingerprint density at radius 2 is 1.91 bits per heavy atom. The molecule has 1 heterocycles. The molecule has 0 bridgehead atoms. The second kappa shape index (κ2) is 6.46. The van der Waals surface area contributed by atoms with Crippen LogP contribution in [0.15, 0.2) is 59.6 Å². The maximum absolute atomic E-state index is 9.58. The molecule has 1 atom stereocenters. The Kier molecular flexibility index (Phi) is 4.22. The molecular weight excluding hydrogens is 292 g/mol. The standard InChI is InChI=1S/C17H14N4S/c1-22-17(19-12-7-3-2-4-8-12)13(11-18)16-20-14-9-5-6-10-15(14)21-16/h2-10,13H,1H3,(H,20,21)/t13-/m1/s1. The summed E-state index contributed by atoms with van der Waals surface area (Å²) in [6.07, 6.45) is 1.93. The Labute approximate surface area is 132 Å². The lowest BCUT2D eigenvalue weighted by Crippen LogP contribution is -2.08. The molecule has 1 aromatic heterocycles. The summed E-state index contributed by atoms with van der Waals surface area (Å²) in [6.45, 7) is 0. The molecule has 0 saturated heterocycles. The van der Waals surface area contributed by atoms with Gasteiger partial charge in [-0.15, -0.1) is 11.8 Å². The number of nitriles is 1. The normalized spacial score (nSPS) is 13.0. The summed E-state index contributed by atoms with van der Waals surface area (Å²) in [4.78, 5) is 12.3. The number of imidazole rings is 1. The van der Waals surface area contributed by atoms with Crippen molar-refractivity contribution < 1.29 is 0 Å². The predicted octanol–water partition coefficient (Wildman–Crippen LogP) is 4.26. The highest BCUT2D eigenvalue weighted by molar-refractivity contribution is 8.13. The van der Waals surface area contributed by atoms with Gasteiger partial charge in [0.05, 0.1) is 27.8 Å². The minimum Gasteiger partial charge on any atom is -0.341 e. The van der Waals surface area contributed by atoms with Gasteiger partial charge < -0.3 is 4.98 Å². The summed E-state index contributed by atoms with van der Waals surface area (Å²) in [7, 11) is 0. The van der Waals surface area contributed by atoms with Crippen LogP contribution in [0.1, 0.15) is 11.7 Å². The fraction of sp³-hybridized carbons (Fsp3) is 0.118. The number of H-pyrrole nitrogens is 1. The average molecular weight is 306 g/mol. The maximum atomic E-state index is 9.58. The van der Waals surface area contributed by atoms with E-state index in [9.17, 15) is 5.26 Å². The van der Waals surface area contributed by atoms with E-state index in [1.54, 1.807) is 0 Å². The molecule has 4 nitrogen and oxygen atoms in total. The molecule has 0 unspecified atom stereocenters. The number of aromatic amines is 1. The summed E-state index contributed by atoms with van der Waals surface area (Å²) in [5.74, 6) is 0.135. The number of benzene rings is 2. The van der Waals surface area contributed by atoms with Crippen molar-refractivity contribution in [1.29, 1.82) is 5.26 Å². The van der Waals surface area contributed by atoms with Crippen molar-refractivity contribution >= 4 is 33.5 Å². The third-order valence-corrected chi connectivity index (χ3v) is 4.01. The molecule has 3 rings (SSSR count). The van der Waals surface area contributed by atoms with Crippen LogP contribution in [0.5, 0.6) is 0 Å². The van der Waals surface area contributed by atoms with Gasteiger partial charge in [-0.1, -0.05) is 30.3 Å². The number of thioether (sulfide) groups is 1. The van der Waals surface area contributed by atoms with Crippen LogP contribution < -0.4 is 0 Å². The molecule has 0 aliphatic heterocycles. The van der Waals surface area contributed by atoms with Crippen molar-refractivity contribution in [2.45, 2.75) is 5.92 Å². The first-order chi connectivity index (χ1) is 10.8. The molecule has 0 saturated carbocycles. The lowest BCUT2D eigenvalue weighted by atomic mass is 10.2. The Bertz CT molecular complexity index is 813. The van der Waals surface area contributed by atoms with Crippen LogP contribution in [0.3, 0.4) is 0 Å². The van der Waals surface area contributed by atoms with Crippen molar-refractivity contribution in [3.05, 3.63) is 60.4 Å². The van der Waals surface area contributed by atoms with Gasteiger partial charge in [0.2, 0.25) is 0 Å². The first kappa shape index (κ1) is 14.4. The monoisotopic (exact) mass is 306 g/mol. The number of hydrogen-bond acceptors (Lipinski definition) is 4. The molecule has 0 radical (unpaired) electrons. The summed E-state index contributed by atoms with van der Waals surface area (Å²) in [5, 5.41) is 10.3. The summed E-state index contributed by atoms with van der Waals surface area (Å²) >= 11 is 1.47. The molecule has 108 valence electrons. The number of fused-ring (bicyclic) bond motifs is 1. The smallest absolute Gasteiger partial charge is 0.152 e. The van der Waals surface area contributed by atoms with Crippen molar-refractivity contribution in [2.75, 3.05) is 6.26 Å². The van der Waals surface area contributed by atoms with E-state index in [0.717, 1.165) is 21.8 Å². The molecular formula is C17H14N4S. The summed E-state index contributed by atoms with van der Waals surface area (Å²) in [5.41, 5.74) is 2.62. The fourth-order valence-electron chi connectivity index (χ4n) is 2.20. The quantitative estimate of drug-likeness (QED) is 0.580. The Balaban J connectivity index is 2.02. The van der Waals surface area contributed by atoms with Gasteiger partial charge in [0, 0.05) is 0 Å². The number of hydrogen-bond donors (Lipinski definition) is 1. The van der Waals surface area contributed by atoms with Gasteiger partial charge in [0.25, 0.3) is 0 Å². The summed E-state index contributed by atoms with van der Waals surface area (Å²) < 4.78 is 0. The molecule has 0 amide bonds. The second-order valence-corrected chi connectivity index (χ2v) is 5.52. The molecule has 0 aliphatic rings. The Morgan fingerprint density at radius 1 is 1.18 bits per heavy atom.